The van der Waals surface area contributed by atoms with E-state index in [9.17, 15) is 4.79 Å². The molecule has 23 heavy (non-hydrogen) atoms. The second-order valence-corrected chi connectivity index (χ2v) is 5.21. The first-order chi connectivity index (χ1) is 11.3. The van der Waals surface area contributed by atoms with Crippen LogP contribution in [0.2, 0.25) is 0 Å². The summed E-state index contributed by atoms with van der Waals surface area (Å²) < 4.78 is 1.92. The predicted molar refractivity (Wildman–Crippen MR) is 85.2 cm³/mol. The Morgan fingerprint density at radius 1 is 1.30 bits per heavy atom. The van der Waals surface area contributed by atoms with E-state index in [1.165, 1.54) is 0 Å². The number of H-pyrrole nitrogens is 1. The molecular formula is C16H18N6O. The predicted octanol–water partition coefficient (Wildman–Crippen LogP) is 1.94. The lowest BCUT2D eigenvalue weighted by atomic mass is 10.1. The fourth-order valence-electron chi connectivity index (χ4n) is 2.50. The Morgan fingerprint density at radius 2 is 2.13 bits per heavy atom. The number of carbonyl (C=O) groups excluding carboxylic acids is 1. The highest BCUT2D eigenvalue weighted by molar-refractivity contribution is 5.80. The van der Waals surface area contributed by atoms with Crippen molar-refractivity contribution in [2.45, 2.75) is 25.9 Å². The van der Waals surface area contributed by atoms with Crippen LogP contribution >= 0.6 is 0 Å². The first-order valence-corrected chi connectivity index (χ1v) is 7.51. The number of hydrogen-bond acceptors (Lipinski definition) is 4. The summed E-state index contributed by atoms with van der Waals surface area (Å²) >= 11 is 0. The zero-order chi connectivity index (χ0) is 16.1. The summed E-state index contributed by atoms with van der Waals surface area (Å²) in [5, 5.41) is 16.9. The van der Waals surface area contributed by atoms with Crippen LogP contribution < -0.4 is 5.32 Å². The van der Waals surface area contributed by atoms with Crippen LogP contribution in [0.1, 0.15) is 24.9 Å². The molecule has 118 valence electrons. The second-order valence-electron chi connectivity index (χ2n) is 5.21. The van der Waals surface area contributed by atoms with Gasteiger partial charge in [-0.2, -0.15) is 5.21 Å². The number of rotatable bonds is 6. The zero-order valence-electron chi connectivity index (χ0n) is 12.8. The zero-order valence-corrected chi connectivity index (χ0v) is 12.8. The number of amides is 1. The molecule has 0 saturated heterocycles. The van der Waals surface area contributed by atoms with Crippen LogP contribution in [-0.2, 0) is 11.3 Å². The van der Waals surface area contributed by atoms with Crippen molar-refractivity contribution in [1.29, 1.82) is 0 Å². The van der Waals surface area contributed by atoms with Crippen molar-refractivity contribution in [1.82, 2.24) is 30.5 Å². The highest BCUT2D eigenvalue weighted by Gasteiger charge is 2.16. The minimum absolute atomic E-state index is 0.00802. The maximum absolute atomic E-state index is 12.4. The highest BCUT2D eigenvalue weighted by Crippen LogP contribution is 2.16. The van der Waals surface area contributed by atoms with E-state index in [4.69, 9.17) is 0 Å². The van der Waals surface area contributed by atoms with Crippen molar-refractivity contribution in [2.75, 3.05) is 0 Å². The Balaban J connectivity index is 1.66. The van der Waals surface area contributed by atoms with Gasteiger partial charge in [0.2, 0.25) is 11.7 Å². The topological polar surface area (TPSA) is 88.5 Å². The molecule has 0 bridgehead atoms. The Kier molecular flexibility index (Phi) is 4.46. The molecule has 1 atom stereocenters. The molecule has 0 aliphatic carbocycles. The van der Waals surface area contributed by atoms with Gasteiger partial charge >= 0.3 is 0 Å². The van der Waals surface area contributed by atoms with Crippen molar-refractivity contribution >= 4 is 5.91 Å². The van der Waals surface area contributed by atoms with E-state index in [0.29, 0.717) is 12.4 Å². The molecule has 0 aliphatic rings. The van der Waals surface area contributed by atoms with E-state index < -0.39 is 0 Å². The van der Waals surface area contributed by atoms with Gasteiger partial charge < -0.3 is 9.88 Å². The monoisotopic (exact) mass is 310 g/mol. The van der Waals surface area contributed by atoms with Gasteiger partial charge in [-0.15, -0.1) is 10.2 Å². The number of carbonyl (C=O) groups is 1. The van der Waals surface area contributed by atoms with E-state index in [-0.39, 0.29) is 11.9 Å². The van der Waals surface area contributed by atoms with Crippen LogP contribution in [0.5, 0.6) is 0 Å². The Labute approximate surface area is 133 Å². The van der Waals surface area contributed by atoms with E-state index in [0.717, 1.165) is 17.5 Å². The normalized spacial score (nSPS) is 12.0. The van der Waals surface area contributed by atoms with Gasteiger partial charge in [0.15, 0.2) is 0 Å². The molecule has 3 aromatic rings. The molecule has 7 heteroatoms. The third-order valence-electron chi connectivity index (χ3n) is 3.67. The number of tetrazole rings is 1. The summed E-state index contributed by atoms with van der Waals surface area (Å²) in [4.78, 5) is 12.4. The van der Waals surface area contributed by atoms with E-state index in [1.54, 1.807) is 0 Å². The minimum Gasteiger partial charge on any atom is -0.350 e. The highest BCUT2D eigenvalue weighted by atomic mass is 16.2. The third kappa shape index (κ3) is 3.45. The number of nitrogens with zero attached hydrogens (tertiary/aromatic N) is 4. The Morgan fingerprint density at radius 3 is 2.83 bits per heavy atom. The van der Waals surface area contributed by atoms with Crippen molar-refractivity contribution in [3.63, 3.8) is 0 Å². The van der Waals surface area contributed by atoms with Crippen LogP contribution in [0.15, 0.2) is 48.8 Å². The summed E-state index contributed by atoms with van der Waals surface area (Å²) in [7, 11) is 0. The number of benzene rings is 1. The summed E-state index contributed by atoms with van der Waals surface area (Å²) in [6, 6.07) is 11.4. The Bertz CT molecular complexity index is 751. The van der Waals surface area contributed by atoms with Gasteiger partial charge in [-0.1, -0.05) is 25.1 Å². The molecule has 2 aromatic heterocycles. The molecule has 2 N–H and O–H groups in total. The fraction of sp³-hybridized carbons (Fsp3) is 0.250. The van der Waals surface area contributed by atoms with Crippen molar-refractivity contribution in [3.05, 3.63) is 54.4 Å². The maximum atomic E-state index is 12.4. The van der Waals surface area contributed by atoms with Crippen LogP contribution in [0, 0.1) is 0 Å². The van der Waals surface area contributed by atoms with Crippen LogP contribution in [-0.4, -0.2) is 31.1 Å². The molecule has 3 rings (SSSR count). The van der Waals surface area contributed by atoms with Gasteiger partial charge in [-0.25, -0.2) is 0 Å². The number of hydrogen-bond donors (Lipinski definition) is 2. The summed E-state index contributed by atoms with van der Waals surface area (Å²) in [5.74, 6) is 0.547. The van der Waals surface area contributed by atoms with Gasteiger partial charge in [0.1, 0.15) is 6.04 Å². The molecule has 2 heterocycles. The molecule has 1 aromatic carbocycles. The van der Waals surface area contributed by atoms with Gasteiger partial charge in [-0.05, 0) is 35.4 Å². The van der Waals surface area contributed by atoms with Gasteiger partial charge in [0.05, 0.1) is 0 Å². The van der Waals surface area contributed by atoms with Gasteiger partial charge in [0, 0.05) is 24.5 Å². The number of nitrogens with one attached hydrogen (secondary N) is 2. The SMILES string of the molecule is CC[C@@H](C(=O)NCc1cccc(-c2nn[nH]n2)c1)n1cccc1. The van der Waals surface area contributed by atoms with Crippen molar-refractivity contribution in [2.24, 2.45) is 0 Å². The molecule has 7 nitrogen and oxygen atoms in total. The fourth-order valence-corrected chi connectivity index (χ4v) is 2.50. The summed E-state index contributed by atoms with van der Waals surface area (Å²) in [5.41, 5.74) is 1.85. The second kappa shape index (κ2) is 6.87. The van der Waals surface area contributed by atoms with Crippen LogP contribution in [0.25, 0.3) is 11.4 Å². The first-order valence-electron chi connectivity index (χ1n) is 7.51. The van der Waals surface area contributed by atoms with E-state index in [2.05, 4.69) is 25.9 Å². The molecule has 0 spiro atoms. The molecule has 0 saturated carbocycles. The lowest BCUT2D eigenvalue weighted by Crippen LogP contribution is -2.31. The van der Waals surface area contributed by atoms with E-state index in [1.807, 2.05) is 60.3 Å². The molecule has 0 unspecified atom stereocenters. The summed E-state index contributed by atoms with van der Waals surface area (Å²) in [6.45, 7) is 2.46. The first kappa shape index (κ1) is 15.0. The smallest absolute Gasteiger partial charge is 0.243 e. The molecular weight excluding hydrogens is 292 g/mol. The largest absolute Gasteiger partial charge is 0.350 e. The van der Waals surface area contributed by atoms with Crippen LogP contribution in [0.4, 0.5) is 0 Å². The van der Waals surface area contributed by atoms with E-state index >= 15 is 0 Å². The Hall–Kier alpha value is -2.96. The summed E-state index contributed by atoms with van der Waals surface area (Å²) in [6.07, 6.45) is 4.55. The van der Waals surface area contributed by atoms with Crippen LogP contribution in [0.3, 0.4) is 0 Å². The molecule has 0 radical (unpaired) electrons. The average molecular weight is 310 g/mol. The molecule has 0 aliphatic heterocycles. The lowest BCUT2D eigenvalue weighted by Gasteiger charge is -2.17. The van der Waals surface area contributed by atoms with Crippen molar-refractivity contribution in [3.8, 4) is 11.4 Å². The van der Waals surface area contributed by atoms with Crippen molar-refractivity contribution < 1.29 is 4.79 Å². The lowest BCUT2D eigenvalue weighted by molar-refractivity contribution is -0.124. The minimum atomic E-state index is -0.189. The van der Waals surface area contributed by atoms with Gasteiger partial charge in [-0.3, -0.25) is 4.79 Å². The number of aromatic nitrogens is 5. The quantitative estimate of drug-likeness (QED) is 0.728. The standard InChI is InChI=1S/C16H18N6O/c1-2-14(22-8-3-4-9-22)16(23)17-11-12-6-5-7-13(10-12)15-18-20-21-19-15/h3-10,14H,2,11H2,1H3,(H,17,23)(H,18,19,20,21)/t14-/m0/s1. The third-order valence-corrected chi connectivity index (χ3v) is 3.67. The number of aromatic amines is 1. The molecule has 1 amide bonds. The van der Waals surface area contributed by atoms with Gasteiger partial charge in [0.25, 0.3) is 0 Å². The average Bonchev–Trinajstić information content (AvgIpc) is 3.27. The maximum Gasteiger partial charge on any atom is 0.243 e. The molecule has 0 fully saturated rings.